The van der Waals surface area contributed by atoms with Crippen LogP contribution in [0.1, 0.15) is 12.8 Å². The Morgan fingerprint density at radius 2 is 2.00 bits per heavy atom. The molecule has 140 valence electrons. The highest BCUT2D eigenvalue weighted by Gasteiger charge is 2.31. The monoisotopic (exact) mass is 443 g/mol. The van der Waals surface area contributed by atoms with Crippen molar-refractivity contribution in [1.82, 2.24) is 14.6 Å². The van der Waals surface area contributed by atoms with E-state index >= 15 is 0 Å². The number of sulfonamides is 1. The zero-order valence-corrected chi connectivity index (χ0v) is 16.1. The molecular weight excluding hydrogens is 426 g/mol. The summed E-state index contributed by atoms with van der Waals surface area (Å²) in [5.41, 5.74) is -0.343. The second-order valence-corrected chi connectivity index (χ2v) is 9.03. The number of aromatic amines is 1. The second kappa shape index (κ2) is 7.37. The Kier molecular flexibility index (Phi) is 5.35. The number of piperidine rings is 1. The normalized spacial score (nSPS) is 16.7. The lowest BCUT2D eigenvalue weighted by molar-refractivity contribution is 0.188. The zero-order chi connectivity index (χ0) is 18.9. The van der Waals surface area contributed by atoms with Gasteiger partial charge in [-0.1, -0.05) is 15.9 Å². The van der Waals surface area contributed by atoms with Gasteiger partial charge in [0, 0.05) is 41.1 Å². The maximum Gasteiger partial charge on any atom is 0.404 e. The van der Waals surface area contributed by atoms with Gasteiger partial charge < -0.3 is 15.4 Å². The summed E-state index contributed by atoms with van der Waals surface area (Å²) in [5.74, 6) is 0.110. The van der Waals surface area contributed by atoms with Crippen LogP contribution < -0.4 is 10.9 Å². The third-order valence-corrected chi connectivity index (χ3v) is 6.99. The Labute approximate surface area is 158 Å². The molecule has 8 nitrogen and oxygen atoms in total. The molecule has 10 heteroatoms. The number of aromatic nitrogens is 1. The lowest BCUT2D eigenvalue weighted by Crippen LogP contribution is -2.41. The first kappa shape index (κ1) is 18.9. The molecule has 0 spiro atoms. The van der Waals surface area contributed by atoms with Crippen molar-refractivity contribution in [3.63, 3.8) is 0 Å². The van der Waals surface area contributed by atoms with Gasteiger partial charge in [-0.15, -0.1) is 0 Å². The fraction of sp³-hybridized carbons (Fsp3) is 0.375. The van der Waals surface area contributed by atoms with Crippen molar-refractivity contribution in [1.29, 1.82) is 0 Å². The van der Waals surface area contributed by atoms with Crippen molar-refractivity contribution in [3.05, 3.63) is 39.2 Å². The van der Waals surface area contributed by atoms with E-state index in [0.717, 1.165) is 0 Å². The number of H-pyrrole nitrogens is 1. The molecule has 0 bridgehead atoms. The van der Waals surface area contributed by atoms with Crippen LogP contribution in [0.5, 0.6) is 0 Å². The van der Waals surface area contributed by atoms with Gasteiger partial charge in [0.15, 0.2) is 0 Å². The quantitative estimate of drug-likeness (QED) is 0.666. The smallest absolute Gasteiger partial charge is 0.404 e. The molecule has 1 saturated heterocycles. The summed E-state index contributed by atoms with van der Waals surface area (Å²) in [7, 11) is -3.77. The van der Waals surface area contributed by atoms with Crippen molar-refractivity contribution < 1.29 is 18.3 Å². The van der Waals surface area contributed by atoms with E-state index in [1.807, 2.05) is 0 Å². The van der Waals surface area contributed by atoms with Gasteiger partial charge in [-0.2, -0.15) is 4.31 Å². The van der Waals surface area contributed by atoms with Gasteiger partial charge >= 0.3 is 6.09 Å². The van der Waals surface area contributed by atoms with Gasteiger partial charge in [0.2, 0.25) is 10.0 Å². The second-order valence-electron chi connectivity index (χ2n) is 6.21. The molecule has 1 aromatic carbocycles. The molecule has 0 radical (unpaired) electrons. The first-order chi connectivity index (χ1) is 12.3. The molecule has 2 aromatic rings. The molecule has 0 unspecified atom stereocenters. The summed E-state index contributed by atoms with van der Waals surface area (Å²) in [6.45, 7) is 0.934. The van der Waals surface area contributed by atoms with Crippen LogP contribution in [-0.2, 0) is 10.0 Å². The number of fused-ring (bicyclic) bond motifs is 1. The summed E-state index contributed by atoms with van der Waals surface area (Å²) in [6.07, 6.45) is 1.31. The van der Waals surface area contributed by atoms with E-state index in [9.17, 15) is 18.0 Å². The van der Waals surface area contributed by atoms with Crippen LogP contribution in [0, 0.1) is 5.92 Å². The van der Waals surface area contributed by atoms with Crippen molar-refractivity contribution in [2.45, 2.75) is 17.7 Å². The molecule has 1 aromatic heterocycles. The van der Waals surface area contributed by atoms with E-state index in [-0.39, 0.29) is 16.4 Å². The fourth-order valence-corrected chi connectivity index (χ4v) is 5.13. The van der Waals surface area contributed by atoms with Gasteiger partial charge in [-0.3, -0.25) is 4.79 Å². The molecule has 2 heterocycles. The Morgan fingerprint density at radius 3 is 2.65 bits per heavy atom. The van der Waals surface area contributed by atoms with E-state index in [0.29, 0.717) is 47.7 Å². The topological polar surface area (TPSA) is 120 Å². The van der Waals surface area contributed by atoms with E-state index in [1.165, 1.54) is 10.5 Å². The average Bonchev–Trinajstić information content (AvgIpc) is 2.60. The highest BCUT2D eigenvalue weighted by atomic mass is 79.9. The zero-order valence-electron chi connectivity index (χ0n) is 13.7. The van der Waals surface area contributed by atoms with E-state index in [1.54, 1.807) is 18.2 Å². The van der Waals surface area contributed by atoms with Crippen LogP contribution in [0.15, 0.2) is 38.6 Å². The summed E-state index contributed by atoms with van der Waals surface area (Å²) < 4.78 is 28.2. The van der Waals surface area contributed by atoms with Gasteiger partial charge in [0.1, 0.15) is 4.90 Å². The van der Waals surface area contributed by atoms with Crippen molar-refractivity contribution in [2.75, 3.05) is 19.6 Å². The number of nitrogens with one attached hydrogen (secondary N) is 2. The van der Waals surface area contributed by atoms with E-state index < -0.39 is 16.1 Å². The fourth-order valence-electron chi connectivity index (χ4n) is 3.14. The minimum atomic E-state index is -3.77. The first-order valence-corrected chi connectivity index (χ1v) is 10.3. The summed E-state index contributed by atoms with van der Waals surface area (Å²) in [5, 5.41) is 11.7. The molecular formula is C16H18BrN3O5S. The number of halogens is 1. The molecule has 3 N–H and O–H groups in total. The number of nitrogens with zero attached hydrogens (tertiary/aromatic N) is 1. The number of carboxylic acid groups (broad SMARTS) is 1. The standard InChI is InChI=1S/C16H18BrN3O5S/c17-11-1-2-12-13(7-11)14(9-18-15(12)21)26(24,25)20-5-3-10(4-6-20)8-19-16(22)23/h1-2,7,9-10,19H,3-6,8H2,(H,18,21)(H,22,23). The molecule has 1 aliphatic rings. The van der Waals surface area contributed by atoms with Gasteiger partial charge in [0.25, 0.3) is 5.56 Å². The van der Waals surface area contributed by atoms with Crippen molar-refractivity contribution >= 4 is 42.8 Å². The first-order valence-electron chi connectivity index (χ1n) is 8.07. The van der Waals surface area contributed by atoms with E-state index in [2.05, 4.69) is 26.2 Å². The van der Waals surface area contributed by atoms with Crippen LogP contribution in [0.25, 0.3) is 10.8 Å². The SMILES string of the molecule is O=C(O)NCC1CCN(S(=O)(=O)c2c[nH]c(=O)c3ccc(Br)cc23)CC1. The summed E-state index contributed by atoms with van der Waals surface area (Å²) >= 11 is 3.32. The van der Waals surface area contributed by atoms with Crippen LogP contribution in [0.2, 0.25) is 0 Å². The molecule has 1 fully saturated rings. The van der Waals surface area contributed by atoms with Crippen molar-refractivity contribution in [2.24, 2.45) is 5.92 Å². The van der Waals surface area contributed by atoms with Crippen molar-refractivity contribution in [3.8, 4) is 0 Å². The predicted molar refractivity (Wildman–Crippen MR) is 99.8 cm³/mol. The lowest BCUT2D eigenvalue weighted by atomic mass is 9.98. The maximum atomic E-state index is 13.1. The highest BCUT2D eigenvalue weighted by Crippen LogP contribution is 2.28. The Balaban J connectivity index is 1.87. The minimum Gasteiger partial charge on any atom is -0.465 e. The highest BCUT2D eigenvalue weighted by molar-refractivity contribution is 9.10. The number of pyridine rings is 1. The van der Waals surface area contributed by atoms with Crippen LogP contribution in [-0.4, -0.2) is 48.5 Å². The number of rotatable bonds is 4. The minimum absolute atomic E-state index is 0.0653. The number of hydrogen-bond donors (Lipinski definition) is 3. The number of carbonyl (C=O) groups is 1. The summed E-state index contributed by atoms with van der Waals surface area (Å²) in [6, 6.07) is 4.90. The third-order valence-electron chi connectivity index (χ3n) is 4.56. The van der Waals surface area contributed by atoms with Crippen LogP contribution in [0.4, 0.5) is 4.79 Å². The number of hydrogen-bond acceptors (Lipinski definition) is 4. The van der Waals surface area contributed by atoms with Crippen LogP contribution >= 0.6 is 15.9 Å². The third kappa shape index (κ3) is 3.76. The average molecular weight is 444 g/mol. The van der Waals surface area contributed by atoms with Gasteiger partial charge in [-0.25, -0.2) is 13.2 Å². The molecule has 3 rings (SSSR count). The number of amides is 1. The van der Waals surface area contributed by atoms with Crippen LogP contribution in [0.3, 0.4) is 0 Å². The molecule has 1 amide bonds. The molecule has 0 atom stereocenters. The Bertz CT molecular complexity index is 997. The molecule has 26 heavy (non-hydrogen) atoms. The van der Waals surface area contributed by atoms with E-state index in [4.69, 9.17) is 5.11 Å². The van der Waals surface area contributed by atoms with Gasteiger partial charge in [0.05, 0.1) is 0 Å². The molecule has 0 saturated carbocycles. The Hall–Kier alpha value is -1.91. The number of benzene rings is 1. The largest absolute Gasteiger partial charge is 0.465 e. The van der Waals surface area contributed by atoms with Gasteiger partial charge in [-0.05, 0) is 37.0 Å². The molecule has 1 aliphatic heterocycles. The molecule has 0 aliphatic carbocycles. The maximum absolute atomic E-state index is 13.1. The Morgan fingerprint density at radius 1 is 1.31 bits per heavy atom. The lowest BCUT2D eigenvalue weighted by Gasteiger charge is -2.31. The summed E-state index contributed by atoms with van der Waals surface area (Å²) in [4.78, 5) is 25.1. The predicted octanol–water partition coefficient (Wildman–Crippen LogP) is 1.96.